The van der Waals surface area contributed by atoms with E-state index >= 15 is 4.39 Å². The zero-order chi connectivity index (χ0) is 46.4. The van der Waals surface area contributed by atoms with Crippen LogP contribution in [0.2, 0.25) is 10.0 Å². The number of benzene rings is 4. The van der Waals surface area contributed by atoms with Gasteiger partial charge in [-0.3, -0.25) is 19.1 Å². The van der Waals surface area contributed by atoms with E-state index in [1.54, 1.807) is 28.4 Å². The molecule has 0 bridgehead atoms. The average Bonchev–Trinajstić information content (AvgIpc) is 3.79. The van der Waals surface area contributed by atoms with Crippen molar-refractivity contribution in [3.63, 3.8) is 0 Å². The lowest BCUT2D eigenvalue weighted by Gasteiger charge is -2.35. The monoisotopic (exact) mass is 944 g/mol. The van der Waals surface area contributed by atoms with Gasteiger partial charge >= 0.3 is 0 Å². The summed E-state index contributed by atoms with van der Waals surface area (Å²) in [5, 5.41) is 26.3. The number of carbonyl (C=O) groups excluding carboxylic acids is 2. The number of unbranched alkanes of at least 4 members (excludes halogenated alkanes) is 1. The van der Waals surface area contributed by atoms with Crippen molar-refractivity contribution >= 4 is 85.5 Å². The number of thiophene rings is 1. The third-order valence-corrected chi connectivity index (χ3v) is 14.1. The summed E-state index contributed by atoms with van der Waals surface area (Å²) in [5.41, 5.74) is 4.44. The SMILES string of the molecule is C=CC(=O)N1CCN(c2nc(N(C)CCCCNC(=O)C[C@@H]3N=C(c4ccc(Cl)cc4)c4c(sc(C)c4C)-n4c(C)nnc43)nc3c(F)c(-c4cc(O)cc5ccccc45)c(Cl)cc23)CC1. The molecular weight excluding hydrogens is 899 g/mol. The van der Waals surface area contributed by atoms with Crippen LogP contribution < -0.4 is 15.1 Å². The highest BCUT2D eigenvalue weighted by atomic mass is 35.5. The maximum absolute atomic E-state index is 17.2. The highest BCUT2D eigenvalue weighted by Crippen LogP contribution is 2.43. The molecule has 13 nitrogen and oxygen atoms in total. The Balaban J connectivity index is 0.936. The number of nitrogens with zero attached hydrogens (tertiary/aromatic N) is 9. The molecule has 0 aliphatic carbocycles. The van der Waals surface area contributed by atoms with E-state index in [-0.39, 0.29) is 40.1 Å². The first-order chi connectivity index (χ1) is 31.8. The highest BCUT2D eigenvalue weighted by Gasteiger charge is 2.33. The molecule has 0 spiro atoms. The number of phenols is 1. The van der Waals surface area contributed by atoms with Crippen LogP contribution in [0, 0.1) is 26.6 Å². The number of carbonyl (C=O) groups is 2. The molecule has 0 unspecified atom stereocenters. The normalized spacial score (nSPS) is 14.8. The fourth-order valence-electron chi connectivity index (χ4n) is 8.78. The molecule has 7 aromatic rings. The second kappa shape index (κ2) is 18.5. The van der Waals surface area contributed by atoms with Gasteiger partial charge in [0.15, 0.2) is 11.6 Å². The number of piperazine rings is 1. The Bertz CT molecular complexity index is 3090. The van der Waals surface area contributed by atoms with Crippen molar-refractivity contribution in [1.29, 1.82) is 0 Å². The molecule has 3 aromatic heterocycles. The first kappa shape index (κ1) is 44.8. The number of aryl methyl sites for hydroxylation is 2. The number of aromatic nitrogens is 5. The van der Waals surface area contributed by atoms with Gasteiger partial charge in [-0.1, -0.05) is 66.2 Å². The number of aromatic hydroxyl groups is 1. The van der Waals surface area contributed by atoms with E-state index in [1.807, 2.05) is 76.9 Å². The molecule has 1 saturated heterocycles. The number of hydrogen-bond acceptors (Lipinski definition) is 11. The van der Waals surface area contributed by atoms with E-state index in [1.165, 1.54) is 12.1 Å². The van der Waals surface area contributed by atoms with E-state index in [4.69, 9.17) is 38.2 Å². The molecule has 66 heavy (non-hydrogen) atoms. The summed E-state index contributed by atoms with van der Waals surface area (Å²) in [4.78, 5) is 47.9. The van der Waals surface area contributed by atoms with E-state index in [0.717, 1.165) is 48.9 Å². The van der Waals surface area contributed by atoms with Crippen LogP contribution in [0.4, 0.5) is 16.2 Å². The summed E-state index contributed by atoms with van der Waals surface area (Å²) in [6.45, 7) is 12.4. The second-order valence-electron chi connectivity index (χ2n) is 16.6. The van der Waals surface area contributed by atoms with Crippen molar-refractivity contribution in [2.75, 3.05) is 56.1 Å². The van der Waals surface area contributed by atoms with Crippen LogP contribution in [0.5, 0.6) is 5.75 Å². The lowest BCUT2D eigenvalue weighted by molar-refractivity contribution is -0.126. The smallest absolute Gasteiger partial charge is 0.246 e. The highest BCUT2D eigenvalue weighted by molar-refractivity contribution is 7.15. The first-order valence-electron chi connectivity index (χ1n) is 21.7. The van der Waals surface area contributed by atoms with Crippen LogP contribution >= 0.6 is 34.5 Å². The van der Waals surface area contributed by atoms with Crippen LogP contribution in [-0.4, -0.2) is 98.6 Å². The van der Waals surface area contributed by atoms with Crippen LogP contribution in [0.1, 0.15) is 58.5 Å². The van der Waals surface area contributed by atoms with Gasteiger partial charge in [0, 0.05) is 78.3 Å². The minimum Gasteiger partial charge on any atom is -0.508 e. The number of halogens is 3. The maximum Gasteiger partial charge on any atom is 0.246 e. The minimum absolute atomic E-state index is 0.0192. The van der Waals surface area contributed by atoms with Crippen molar-refractivity contribution < 1.29 is 19.1 Å². The van der Waals surface area contributed by atoms with Gasteiger partial charge < -0.3 is 25.1 Å². The second-order valence-corrected chi connectivity index (χ2v) is 18.7. The van der Waals surface area contributed by atoms with Gasteiger partial charge in [0.05, 0.1) is 17.2 Å². The Labute approximate surface area is 395 Å². The quantitative estimate of drug-likeness (QED) is 0.0905. The predicted molar refractivity (Wildman–Crippen MR) is 262 cm³/mol. The molecule has 2 aliphatic rings. The summed E-state index contributed by atoms with van der Waals surface area (Å²) in [6.07, 6.45) is 2.68. The van der Waals surface area contributed by atoms with Crippen molar-refractivity contribution in [3.8, 4) is 21.9 Å². The molecule has 17 heteroatoms. The third-order valence-electron chi connectivity index (χ3n) is 12.4. The average molecular weight is 946 g/mol. The summed E-state index contributed by atoms with van der Waals surface area (Å²) < 4.78 is 19.2. The third kappa shape index (κ3) is 8.46. The molecular formula is C49H47Cl2FN10O3S. The Morgan fingerprint density at radius 1 is 0.970 bits per heavy atom. The molecule has 0 radical (unpaired) electrons. The summed E-state index contributed by atoms with van der Waals surface area (Å²) in [5.74, 6) is 1.16. The Hall–Kier alpha value is -6.42. The number of amides is 2. The first-order valence-corrected chi connectivity index (χ1v) is 23.3. The van der Waals surface area contributed by atoms with E-state index < -0.39 is 11.9 Å². The van der Waals surface area contributed by atoms with Gasteiger partial charge in [0.25, 0.3) is 0 Å². The Kier molecular flexibility index (Phi) is 12.5. The number of fused-ring (bicyclic) bond motifs is 5. The molecule has 0 saturated carbocycles. The molecule has 338 valence electrons. The van der Waals surface area contributed by atoms with Crippen molar-refractivity contribution in [1.82, 2.24) is 34.9 Å². The van der Waals surface area contributed by atoms with Gasteiger partial charge in [-0.05, 0) is 91.9 Å². The Morgan fingerprint density at radius 3 is 2.48 bits per heavy atom. The number of nitrogens with one attached hydrogen (secondary N) is 1. The lowest BCUT2D eigenvalue weighted by atomic mass is 9.96. The minimum atomic E-state index is -0.637. The molecule has 5 heterocycles. The molecule has 9 rings (SSSR count). The van der Waals surface area contributed by atoms with Crippen molar-refractivity contribution in [2.45, 2.75) is 46.1 Å². The number of phenolic OH excluding ortho intramolecular Hbond substituents is 1. The summed E-state index contributed by atoms with van der Waals surface area (Å²) in [7, 11) is 1.85. The topological polar surface area (TPSA) is 145 Å². The lowest BCUT2D eigenvalue weighted by Crippen LogP contribution is -2.48. The summed E-state index contributed by atoms with van der Waals surface area (Å²) >= 11 is 14.9. The molecule has 1 atom stereocenters. The maximum atomic E-state index is 17.2. The zero-order valence-electron chi connectivity index (χ0n) is 36.9. The van der Waals surface area contributed by atoms with Gasteiger partial charge in [0.2, 0.25) is 17.8 Å². The van der Waals surface area contributed by atoms with E-state index in [9.17, 15) is 14.7 Å². The van der Waals surface area contributed by atoms with Crippen LogP contribution in [0.25, 0.3) is 37.8 Å². The van der Waals surface area contributed by atoms with E-state index in [0.29, 0.717) is 85.7 Å². The number of hydrogen-bond donors (Lipinski definition) is 2. The van der Waals surface area contributed by atoms with Gasteiger partial charge in [-0.15, -0.1) is 21.5 Å². The number of rotatable bonds is 12. The van der Waals surface area contributed by atoms with E-state index in [2.05, 4.69) is 35.9 Å². The molecule has 2 aliphatic heterocycles. The largest absolute Gasteiger partial charge is 0.508 e. The number of aliphatic imine (C=N–C) groups is 1. The standard InChI is InChI=1S/C49H47Cl2FN10O3S/c1-6-40(65)60-19-21-61(22-20-60)46-36-25-37(51)42(35-24-33(63)23-31-11-7-8-12-34(31)35)43(52)45(36)55-49(56-46)59(5)18-10-9-17-53-39(64)26-38-47-58-57-29(4)62(47)48-41(27(2)28(3)66-48)44(54-38)30-13-15-32(50)16-14-30/h6-8,11-16,23-25,38,63H,1,9-10,17-22,26H2,2-5H3,(H,53,64)/t38-/m0/s1. The van der Waals surface area contributed by atoms with Crippen molar-refractivity contribution in [3.05, 3.63) is 128 Å². The van der Waals surface area contributed by atoms with Crippen molar-refractivity contribution in [2.24, 2.45) is 4.99 Å². The summed E-state index contributed by atoms with van der Waals surface area (Å²) in [6, 6.07) is 19.2. The molecule has 1 fully saturated rings. The van der Waals surface area contributed by atoms with Crippen LogP contribution in [-0.2, 0) is 9.59 Å². The zero-order valence-corrected chi connectivity index (χ0v) is 39.2. The van der Waals surface area contributed by atoms with Crippen LogP contribution in [0.3, 0.4) is 0 Å². The van der Waals surface area contributed by atoms with Gasteiger partial charge in [-0.25, -0.2) is 9.37 Å². The van der Waals surface area contributed by atoms with Crippen LogP contribution in [0.15, 0.2) is 84.4 Å². The molecule has 4 aromatic carbocycles. The fourth-order valence-corrected chi connectivity index (χ4v) is 10.4. The Morgan fingerprint density at radius 2 is 1.73 bits per heavy atom. The number of anilines is 2. The fraction of sp³-hybridized carbons (Fsp3) is 0.286. The van der Waals surface area contributed by atoms with Gasteiger partial charge in [0.1, 0.15) is 34.0 Å². The predicted octanol–water partition coefficient (Wildman–Crippen LogP) is 9.32. The van der Waals surface area contributed by atoms with Gasteiger partial charge in [-0.2, -0.15) is 4.98 Å². The molecule has 2 N–H and O–H groups in total. The molecule has 2 amide bonds.